The van der Waals surface area contributed by atoms with Gasteiger partial charge in [0.25, 0.3) is 5.91 Å². The minimum absolute atomic E-state index is 0.0546. The molecule has 0 saturated carbocycles. The van der Waals surface area contributed by atoms with Gasteiger partial charge >= 0.3 is 0 Å². The summed E-state index contributed by atoms with van der Waals surface area (Å²) in [7, 11) is 1.54. The minimum atomic E-state index is -0.923. The second kappa shape index (κ2) is 10.4. The van der Waals surface area contributed by atoms with Crippen LogP contribution in [0, 0.1) is 5.82 Å². The second-order valence-corrected chi connectivity index (χ2v) is 7.21. The Kier molecular flexibility index (Phi) is 7.92. The molecule has 0 radical (unpaired) electrons. The third kappa shape index (κ3) is 6.68. The van der Waals surface area contributed by atoms with Crippen molar-refractivity contribution < 1.29 is 18.7 Å². The molecule has 0 aliphatic rings. The van der Waals surface area contributed by atoms with Crippen LogP contribution in [0.25, 0.3) is 0 Å². The largest absolute Gasteiger partial charge is 0.497 e. The van der Waals surface area contributed by atoms with E-state index < -0.39 is 23.7 Å². The second-order valence-electron chi connectivity index (χ2n) is 6.77. The summed E-state index contributed by atoms with van der Waals surface area (Å²) < 4.78 is 19.8. The number of anilines is 2. The number of hydrogen-bond acceptors (Lipinski definition) is 6. The van der Waals surface area contributed by atoms with Crippen molar-refractivity contribution in [2.75, 3.05) is 17.7 Å². The standard InChI is InChI=1S/C21H24FN5O3S/c1-11(23)7-19(31)27-16-10-17(15(22)9-14(16)20(24)28)26-18(21(25)29)8-12-3-5-13(30-2)6-4-12/h3-7,9-10,18,26H,8,23H2,1-2H3,(H2,24,28)(H2,25,29)(H,27,31)/t18-/m1/s1. The van der Waals surface area contributed by atoms with Gasteiger partial charge in [-0.3, -0.25) is 9.59 Å². The Hall–Kier alpha value is -3.66. The van der Waals surface area contributed by atoms with Crippen molar-refractivity contribution >= 4 is 40.4 Å². The van der Waals surface area contributed by atoms with Crippen LogP contribution in [0.5, 0.6) is 5.75 Å². The van der Waals surface area contributed by atoms with Gasteiger partial charge in [-0.2, -0.15) is 0 Å². The summed E-state index contributed by atoms with van der Waals surface area (Å²) in [5.41, 5.74) is 17.7. The van der Waals surface area contributed by atoms with E-state index in [4.69, 9.17) is 34.2 Å². The maximum absolute atomic E-state index is 14.7. The van der Waals surface area contributed by atoms with Gasteiger partial charge in [-0.05, 0) is 42.8 Å². The molecule has 2 rings (SSSR count). The molecule has 0 aliphatic carbocycles. The number of carbonyl (C=O) groups is 2. The summed E-state index contributed by atoms with van der Waals surface area (Å²) in [5.74, 6) is -1.65. The topological polar surface area (TPSA) is 145 Å². The molecule has 0 bridgehead atoms. The molecule has 8 nitrogen and oxygen atoms in total. The van der Waals surface area contributed by atoms with E-state index in [0.29, 0.717) is 11.4 Å². The zero-order valence-corrected chi connectivity index (χ0v) is 17.9. The molecule has 0 aliphatic heterocycles. The number of primary amides is 2. The highest BCUT2D eigenvalue weighted by atomic mass is 32.1. The average Bonchev–Trinajstić information content (AvgIpc) is 2.69. The molecule has 0 heterocycles. The lowest BCUT2D eigenvalue weighted by molar-refractivity contribution is -0.118. The molecule has 31 heavy (non-hydrogen) atoms. The first kappa shape index (κ1) is 23.6. The van der Waals surface area contributed by atoms with Crippen LogP contribution in [0.4, 0.5) is 15.8 Å². The molecule has 0 aromatic heterocycles. The minimum Gasteiger partial charge on any atom is -0.497 e. The maximum Gasteiger partial charge on any atom is 0.250 e. The fourth-order valence-corrected chi connectivity index (χ4v) is 3.07. The number of carbonyl (C=O) groups excluding carboxylic acids is 2. The first-order chi connectivity index (χ1) is 14.6. The highest BCUT2D eigenvalue weighted by molar-refractivity contribution is 7.81. The third-order valence-electron chi connectivity index (χ3n) is 4.26. The molecule has 1 atom stereocenters. The van der Waals surface area contributed by atoms with Crippen LogP contribution < -0.4 is 32.6 Å². The maximum atomic E-state index is 14.7. The van der Waals surface area contributed by atoms with E-state index in [1.54, 1.807) is 38.3 Å². The summed E-state index contributed by atoms with van der Waals surface area (Å²) in [4.78, 5) is 23.9. The van der Waals surface area contributed by atoms with E-state index >= 15 is 0 Å². The van der Waals surface area contributed by atoms with Crippen LogP contribution in [0.2, 0.25) is 0 Å². The summed E-state index contributed by atoms with van der Waals surface area (Å²) >= 11 is 5.15. The van der Waals surface area contributed by atoms with Crippen LogP contribution in [-0.4, -0.2) is 30.0 Å². The highest BCUT2D eigenvalue weighted by Gasteiger charge is 2.20. The number of rotatable bonds is 9. The summed E-state index contributed by atoms with van der Waals surface area (Å²) in [6.07, 6.45) is 1.67. The molecule has 0 spiro atoms. The zero-order chi connectivity index (χ0) is 23.1. The number of thiocarbonyl (C=S) groups is 1. The smallest absolute Gasteiger partial charge is 0.250 e. The number of nitrogens with one attached hydrogen (secondary N) is 2. The van der Waals surface area contributed by atoms with Gasteiger partial charge in [-0.1, -0.05) is 24.4 Å². The number of benzene rings is 2. The van der Waals surface area contributed by atoms with Crippen molar-refractivity contribution in [2.24, 2.45) is 17.2 Å². The van der Waals surface area contributed by atoms with Crippen molar-refractivity contribution in [2.45, 2.75) is 19.4 Å². The summed E-state index contributed by atoms with van der Waals surface area (Å²) in [5, 5.41) is 5.58. The number of halogens is 1. The van der Waals surface area contributed by atoms with Crippen LogP contribution >= 0.6 is 12.2 Å². The number of nitrogens with two attached hydrogens (primary N) is 3. The van der Waals surface area contributed by atoms with Gasteiger partial charge in [0.15, 0.2) is 0 Å². The molecule has 2 aromatic rings. The molecule has 10 heteroatoms. The van der Waals surface area contributed by atoms with Gasteiger partial charge in [0.2, 0.25) is 5.91 Å². The first-order valence-corrected chi connectivity index (χ1v) is 9.58. The van der Waals surface area contributed by atoms with Crippen molar-refractivity contribution in [3.8, 4) is 5.75 Å². The Morgan fingerprint density at radius 3 is 2.32 bits per heavy atom. The van der Waals surface area contributed by atoms with Gasteiger partial charge in [-0.25, -0.2) is 4.39 Å². The molecular weight excluding hydrogens is 421 g/mol. The number of hydrogen-bond donors (Lipinski definition) is 5. The molecule has 0 saturated heterocycles. The van der Waals surface area contributed by atoms with Gasteiger partial charge in [0, 0.05) is 12.1 Å². The average molecular weight is 446 g/mol. The van der Waals surface area contributed by atoms with Crippen molar-refractivity contribution in [1.29, 1.82) is 0 Å². The Bertz CT molecular complexity index is 1020. The molecule has 8 N–H and O–H groups in total. The van der Waals surface area contributed by atoms with Crippen LogP contribution in [0.3, 0.4) is 0 Å². The SMILES string of the molecule is COc1ccc(C[C@@H](Nc2cc(NC(=S)C=C(C)N)c(C(N)=O)cc2F)C(N)=O)cc1. The lowest BCUT2D eigenvalue weighted by Crippen LogP contribution is -2.37. The van der Waals surface area contributed by atoms with E-state index in [1.165, 1.54) is 12.1 Å². The van der Waals surface area contributed by atoms with Gasteiger partial charge in [0.1, 0.15) is 22.6 Å². The molecular formula is C21H24FN5O3S. The van der Waals surface area contributed by atoms with Crippen LogP contribution in [-0.2, 0) is 11.2 Å². The summed E-state index contributed by atoms with van der Waals surface area (Å²) in [6.45, 7) is 1.64. The Morgan fingerprint density at radius 1 is 1.16 bits per heavy atom. The van der Waals surface area contributed by atoms with E-state index in [2.05, 4.69) is 10.6 Å². The zero-order valence-electron chi connectivity index (χ0n) is 17.1. The molecule has 0 fully saturated rings. The van der Waals surface area contributed by atoms with E-state index in [1.807, 2.05) is 0 Å². The van der Waals surface area contributed by atoms with Gasteiger partial charge in [-0.15, -0.1) is 0 Å². The fraction of sp³-hybridized carbons (Fsp3) is 0.190. The van der Waals surface area contributed by atoms with Crippen LogP contribution in [0.15, 0.2) is 48.2 Å². The van der Waals surface area contributed by atoms with Crippen molar-refractivity contribution in [1.82, 2.24) is 0 Å². The van der Waals surface area contributed by atoms with Crippen molar-refractivity contribution in [3.63, 3.8) is 0 Å². The molecule has 2 aromatic carbocycles. The highest BCUT2D eigenvalue weighted by Crippen LogP contribution is 2.26. The van der Waals surface area contributed by atoms with Crippen LogP contribution in [0.1, 0.15) is 22.8 Å². The molecule has 0 unspecified atom stereocenters. The number of methoxy groups -OCH3 is 1. The van der Waals surface area contributed by atoms with E-state index in [9.17, 15) is 14.0 Å². The number of amides is 2. The number of ether oxygens (including phenoxy) is 1. The van der Waals surface area contributed by atoms with E-state index in [-0.39, 0.29) is 28.3 Å². The fourth-order valence-electron chi connectivity index (χ4n) is 2.77. The molecule has 164 valence electrons. The van der Waals surface area contributed by atoms with Crippen molar-refractivity contribution in [3.05, 3.63) is 65.1 Å². The number of allylic oxidation sites excluding steroid dienone is 1. The van der Waals surface area contributed by atoms with Gasteiger partial charge < -0.3 is 32.6 Å². The normalized spacial score (nSPS) is 12.0. The van der Waals surface area contributed by atoms with E-state index in [0.717, 1.165) is 11.6 Å². The quantitative estimate of drug-likeness (QED) is 0.293. The Balaban J connectivity index is 2.34. The lowest BCUT2D eigenvalue weighted by Gasteiger charge is -2.19. The monoisotopic (exact) mass is 445 g/mol. The van der Waals surface area contributed by atoms with Gasteiger partial charge in [0.05, 0.1) is 24.0 Å². The predicted octanol–water partition coefficient (Wildman–Crippen LogP) is 2.04. The summed E-state index contributed by atoms with van der Waals surface area (Å²) in [6, 6.07) is 8.36. The Labute approximate surface area is 184 Å². The first-order valence-electron chi connectivity index (χ1n) is 9.17. The lowest BCUT2D eigenvalue weighted by atomic mass is 10.0. The Morgan fingerprint density at radius 2 is 1.81 bits per heavy atom. The molecule has 2 amide bonds. The third-order valence-corrected chi connectivity index (χ3v) is 4.48. The predicted molar refractivity (Wildman–Crippen MR) is 122 cm³/mol.